The van der Waals surface area contributed by atoms with Gasteiger partial charge in [-0.1, -0.05) is 33.1 Å². The highest BCUT2D eigenvalue weighted by Crippen LogP contribution is 2.31. The summed E-state index contributed by atoms with van der Waals surface area (Å²) in [5.74, 6) is 0.987. The van der Waals surface area contributed by atoms with Gasteiger partial charge in [-0.15, -0.1) is 0 Å². The van der Waals surface area contributed by atoms with Crippen LogP contribution in [0, 0.1) is 5.92 Å². The molecule has 1 atom stereocenters. The summed E-state index contributed by atoms with van der Waals surface area (Å²) in [5, 5.41) is 2.84. The Morgan fingerprint density at radius 3 is 2.30 bits per heavy atom. The summed E-state index contributed by atoms with van der Waals surface area (Å²) >= 11 is 0. The molecule has 0 aromatic carbocycles. The summed E-state index contributed by atoms with van der Waals surface area (Å²) in [7, 11) is 0. The fourth-order valence-corrected chi connectivity index (χ4v) is 3.68. The molecule has 2 aliphatic rings. The highest BCUT2D eigenvalue weighted by molar-refractivity contribution is 5.95. The summed E-state index contributed by atoms with van der Waals surface area (Å²) in [6.07, 6.45) is 8.80. The number of piperazine rings is 1. The maximum atomic E-state index is 12.5. The molecule has 2 rings (SSSR count). The number of carbonyl (C=O) groups excluding carboxylic acids is 2. The third kappa shape index (κ3) is 3.53. The smallest absolute Gasteiger partial charge is 0.245 e. The molecular weight excluding hydrogens is 252 g/mol. The quantitative estimate of drug-likeness (QED) is 0.841. The van der Waals surface area contributed by atoms with Gasteiger partial charge in [-0.05, 0) is 38.0 Å². The molecule has 1 aliphatic heterocycles. The largest absolute Gasteiger partial charge is 0.343 e. The Bertz CT molecular complexity index is 348. The van der Waals surface area contributed by atoms with Crippen molar-refractivity contribution in [1.29, 1.82) is 0 Å². The maximum absolute atomic E-state index is 12.5. The molecule has 1 saturated carbocycles. The molecule has 0 spiro atoms. The molecule has 0 bridgehead atoms. The van der Waals surface area contributed by atoms with E-state index in [1.54, 1.807) is 0 Å². The Kier molecular flexibility index (Phi) is 5.44. The second-order valence-electron chi connectivity index (χ2n) is 6.34. The highest BCUT2D eigenvalue weighted by Gasteiger charge is 2.37. The molecule has 1 N–H and O–H groups in total. The number of hydrogen-bond donors (Lipinski definition) is 1. The van der Waals surface area contributed by atoms with E-state index < -0.39 is 0 Å². The van der Waals surface area contributed by atoms with Crippen LogP contribution >= 0.6 is 0 Å². The summed E-state index contributed by atoms with van der Waals surface area (Å²) < 4.78 is 0. The first-order chi connectivity index (χ1) is 9.65. The molecule has 1 unspecified atom stereocenters. The summed E-state index contributed by atoms with van der Waals surface area (Å²) in [4.78, 5) is 26.1. The van der Waals surface area contributed by atoms with E-state index in [1.807, 2.05) is 11.8 Å². The number of nitrogens with one attached hydrogen (secondary N) is 1. The second kappa shape index (κ2) is 7.09. The van der Waals surface area contributed by atoms with Gasteiger partial charge >= 0.3 is 0 Å². The van der Waals surface area contributed by atoms with Crippen LogP contribution in [0.4, 0.5) is 0 Å². The van der Waals surface area contributed by atoms with Crippen LogP contribution in [0.15, 0.2) is 0 Å². The van der Waals surface area contributed by atoms with Crippen molar-refractivity contribution < 1.29 is 9.59 Å². The van der Waals surface area contributed by atoms with Crippen molar-refractivity contribution in [1.82, 2.24) is 10.2 Å². The van der Waals surface area contributed by atoms with Gasteiger partial charge in [0.15, 0.2) is 0 Å². The number of rotatable bonds is 5. The lowest BCUT2D eigenvalue weighted by Crippen LogP contribution is -2.60. The summed E-state index contributed by atoms with van der Waals surface area (Å²) in [5.41, 5.74) is 0. The normalized spacial score (nSPS) is 31.3. The van der Waals surface area contributed by atoms with E-state index in [9.17, 15) is 9.59 Å². The van der Waals surface area contributed by atoms with Crippen molar-refractivity contribution in [3.05, 3.63) is 0 Å². The van der Waals surface area contributed by atoms with E-state index in [2.05, 4.69) is 12.2 Å². The molecule has 0 radical (unpaired) electrons. The van der Waals surface area contributed by atoms with E-state index in [0.29, 0.717) is 6.04 Å². The monoisotopic (exact) mass is 280 g/mol. The first-order valence-electron chi connectivity index (χ1n) is 8.25. The third-order valence-corrected chi connectivity index (χ3v) is 4.76. The first-order valence-corrected chi connectivity index (χ1v) is 8.25. The van der Waals surface area contributed by atoms with Crippen LogP contribution in [0.1, 0.15) is 65.2 Å². The topological polar surface area (TPSA) is 49.4 Å². The van der Waals surface area contributed by atoms with Gasteiger partial charge in [0.1, 0.15) is 6.04 Å². The van der Waals surface area contributed by atoms with Crippen molar-refractivity contribution in [2.75, 3.05) is 6.54 Å². The van der Waals surface area contributed by atoms with E-state index in [4.69, 9.17) is 0 Å². The first kappa shape index (κ1) is 15.3. The Morgan fingerprint density at radius 2 is 1.70 bits per heavy atom. The zero-order valence-electron chi connectivity index (χ0n) is 12.9. The van der Waals surface area contributed by atoms with Crippen LogP contribution in [0.2, 0.25) is 0 Å². The zero-order chi connectivity index (χ0) is 14.5. The van der Waals surface area contributed by atoms with Gasteiger partial charge < -0.3 is 10.2 Å². The van der Waals surface area contributed by atoms with E-state index in [1.165, 1.54) is 25.7 Å². The molecule has 2 amide bonds. The minimum Gasteiger partial charge on any atom is -0.343 e. The van der Waals surface area contributed by atoms with E-state index >= 15 is 0 Å². The van der Waals surface area contributed by atoms with E-state index in [-0.39, 0.29) is 24.4 Å². The lowest BCUT2D eigenvalue weighted by molar-refractivity contribution is -0.147. The molecule has 4 nitrogen and oxygen atoms in total. The lowest BCUT2D eigenvalue weighted by atomic mass is 9.82. The predicted octanol–water partition coefficient (Wildman–Crippen LogP) is 2.47. The predicted molar refractivity (Wildman–Crippen MR) is 79.2 cm³/mol. The fourth-order valence-electron chi connectivity index (χ4n) is 3.68. The molecule has 2 fully saturated rings. The van der Waals surface area contributed by atoms with Crippen molar-refractivity contribution in [2.24, 2.45) is 5.92 Å². The standard InChI is InChI=1S/C16H28N2O2/c1-3-5-12-7-9-13(10-8-12)18-11-15(19)17-14(6-4-2)16(18)20/h12-14H,3-11H2,1-2H3,(H,17,19). The Hall–Kier alpha value is -1.06. The molecular formula is C16H28N2O2. The van der Waals surface area contributed by atoms with Crippen LogP contribution in [-0.4, -0.2) is 35.3 Å². The summed E-state index contributed by atoms with van der Waals surface area (Å²) in [6.45, 7) is 4.55. The van der Waals surface area contributed by atoms with Crippen molar-refractivity contribution in [3.63, 3.8) is 0 Å². The van der Waals surface area contributed by atoms with Crippen LogP contribution in [-0.2, 0) is 9.59 Å². The fraction of sp³-hybridized carbons (Fsp3) is 0.875. The molecule has 1 aliphatic carbocycles. The van der Waals surface area contributed by atoms with Gasteiger partial charge in [0.05, 0.1) is 6.54 Å². The summed E-state index contributed by atoms with van der Waals surface area (Å²) in [6, 6.07) is 0.00984. The SMILES string of the molecule is CCCC1CCC(N2CC(=O)NC(CCC)C2=O)CC1. The minimum atomic E-state index is -0.283. The number of hydrogen-bond acceptors (Lipinski definition) is 2. The molecule has 4 heteroatoms. The maximum Gasteiger partial charge on any atom is 0.245 e. The van der Waals surface area contributed by atoms with Gasteiger partial charge in [0.25, 0.3) is 0 Å². The lowest BCUT2D eigenvalue weighted by Gasteiger charge is -2.41. The van der Waals surface area contributed by atoms with Crippen LogP contribution in [0.25, 0.3) is 0 Å². The zero-order valence-corrected chi connectivity index (χ0v) is 12.9. The van der Waals surface area contributed by atoms with Crippen molar-refractivity contribution in [2.45, 2.75) is 77.3 Å². The molecule has 114 valence electrons. The van der Waals surface area contributed by atoms with Crippen LogP contribution in [0.5, 0.6) is 0 Å². The average molecular weight is 280 g/mol. The van der Waals surface area contributed by atoms with Crippen LogP contribution in [0.3, 0.4) is 0 Å². The molecule has 1 saturated heterocycles. The number of carbonyl (C=O) groups is 2. The van der Waals surface area contributed by atoms with E-state index in [0.717, 1.165) is 31.6 Å². The Morgan fingerprint density at radius 1 is 1.05 bits per heavy atom. The molecule has 1 heterocycles. The van der Waals surface area contributed by atoms with Crippen LogP contribution < -0.4 is 5.32 Å². The van der Waals surface area contributed by atoms with Gasteiger partial charge in [-0.2, -0.15) is 0 Å². The van der Waals surface area contributed by atoms with Gasteiger partial charge in [0.2, 0.25) is 11.8 Å². The minimum absolute atomic E-state index is 0.0127. The Balaban J connectivity index is 1.94. The third-order valence-electron chi connectivity index (χ3n) is 4.76. The van der Waals surface area contributed by atoms with Gasteiger partial charge in [-0.3, -0.25) is 9.59 Å². The van der Waals surface area contributed by atoms with Crippen molar-refractivity contribution in [3.8, 4) is 0 Å². The van der Waals surface area contributed by atoms with Gasteiger partial charge in [-0.25, -0.2) is 0 Å². The van der Waals surface area contributed by atoms with Crippen molar-refractivity contribution >= 4 is 11.8 Å². The Labute approximate surface area is 122 Å². The molecule has 0 aromatic rings. The number of nitrogens with zero attached hydrogens (tertiary/aromatic N) is 1. The molecule has 20 heavy (non-hydrogen) atoms. The second-order valence-corrected chi connectivity index (χ2v) is 6.34. The van der Waals surface area contributed by atoms with Gasteiger partial charge in [0, 0.05) is 6.04 Å². The number of amides is 2. The highest BCUT2D eigenvalue weighted by atomic mass is 16.2. The molecule has 0 aromatic heterocycles. The average Bonchev–Trinajstić information content (AvgIpc) is 2.44.